The van der Waals surface area contributed by atoms with Gasteiger partial charge in [0.25, 0.3) is 0 Å². The summed E-state index contributed by atoms with van der Waals surface area (Å²) in [6, 6.07) is 6.08. The minimum absolute atomic E-state index is 0.191. The third-order valence-corrected chi connectivity index (χ3v) is 4.15. The number of halogens is 3. The summed E-state index contributed by atoms with van der Waals surface area (Å²) in [5, 5.41) is 6.29. The van der Waals surface area contributed by atoms with Gasteiger partial charge >= 0.3 is 6.36 Å². The number of nitrogens with zero attached hydrogens (tertiary/aromatic N) is 2. The Balaban J connectivity index is 1.86. The first-order valence-corrected chi connectivity index (χ1v) is 8.34. The first-order chi connectivity index (χ1) is 11.9. The lowest BCUT2D eigenvalue weighted by Gasteiger charge is -2.30. The van der Waals surface area contributed by atoms with E-state index in [0.717, 1.165) is 26.1 Å². The molecule has 25 heavy (non-hydrogen) atoms. The van der Waals surface area contributed by atoms with Crippen LogP contribution in [0.15, 0.2) is 29.3 Å². The fourth-order valence-electron chi connectivity index (χ4n) is 2.95. The van der Waals surface area contributed by atoms with Crippen LogP contribution in [0.4, 0.5) is 13.2 Å². The molecule has 2 rings (SSSR count). The summed E-state index contributed by atoms with van der Waals surface area (Å²) in [4.78, 5) is 6.43. The molecule has 0 amide bonds. The number of piperidine rings is 1. The van der Waals surface area contributed by atoms with Gasteiger partial charge < -0.3 is 20.3 Å². The van der Waals surface area contributed by atoms with Crippen molar-refractivity contribution in [1.29, 1.82) is 0 Å². The van der Waals surface area contributed by atoms with Crippen molar-refractivity contribution in [2.45, 2.75) is 25.7 Å². The van der Waals surface area contributed by atoms with Crippen molar-refractivity contribution in [3.63, 3.8) is 0 Å². The molecule has 1 atom stereocenters. The maximum Gasteiger partial charge on any atom is 0.573 e. The van der Waals surface area contributed by atoms with E-state index in [4.69, 9.17) is 0 Å². The van der Waals surface area contributed by atoms with Crippen LogP contribution in [0.1, 0.15) is 18.4 Å². The quantitative estimate of drug-likeness (QED) is 0.628. The molecule has 0 spiro atoms. The Morgan fingerprint density at radius 1 is 1.32 bits per heavy atom. The number of guanidine groups is 1. The van der Waals surface area contributed by atoms with Gasteiger partial charge in [0.05, 0.1) is 0 Å². The normalized spacial score (nSPS) is 19.6. The molecule has 1 fully saturated rings. The van der Waals surface area contributed by atoms with Crippen LogP contribution in [-0.2, 0) is 6.54 Å². The second kappa shape index (κ2) is 8.94. The topological polar surface area (TPSA) is 48.9 Å². The first kappa shape index (κ1) is 19.4. The van der Waals surface area contributed by atoms with Crippen LogP contribution in [0.2, 0.25) is 0 Å². The molecule has 0 aromatic heterocycles. The van der Waals surface area contributed by atoms with Gasteiger partial charge in [0.2, 0.25) is 0 Å². The Morgan fingerprint density at radius 3 is 2.76 bits per heavy atom. The average molecular weight is 358 g/mol. The Labute approximate surface area is 146 Å². The molecule has 2 N–H and O–H groups in total. The summed E-state index contributed by atoms with van der Waals surface area (Å²) in [5.74, 6) is 0.903. The summed E-state index contributed by atoms with van der Waals surface area (Å²) in [6.45, 7) is 3.13. The number of likely N-dealkylation sites (tertiary alicyclic amines) is 1. The maximum atomic E-state index is 12.5. The van der Waals surface area contributed by atoms with Crippen molar-refractivity contribution < 1.29 is 17.9 Å². The number of alkyl halides is 3. The number of rotatable bonds is 5. The Morgan fingerprint density at radius 2 is 2.08 bits per heavy atom. The monoisotopic (exact) mass is 358 g/mol. The third-order valence-electron chi connectivity index (χ3n) is 4.15. The number of hydrogen-bond donors (Lipinski definition) is 2. The highest BCUT2D eigenvalue weighted by molar-refractivity contribution is 5.79. The predicted molar refractivity (Wildman–Crippen MR) is 91.5 cm³/mol. The van der Waals surface area contributed by atoms with E-state index in [2.05, 4.69) is 32.3 Å². The van der Waals surface area contributed by atoms with Gasteiger partial charge in [0.15, 0.2) is 5.96 Å². The van der Waals surface area contributed by atoms with E-state index in [1.165, 1.54) is 18.6 Å². The molecular weight excluding hydrogens is 333 g/mol. The van der Waals surface area contributed by atoms with Crippen molar-refractivity contribution in [2.75, 3.05) is 33.7 Å². The van der Waals surface area contributed by atoms with Crippen molar-refractivity contribution in [3.8, 4) is 5.75 Å². The van der Waals surface area contributed by atoms with Crippen LogP contribution in [0.5, 0.6) is 5.75 Å². The molecule has 5 nitrogen and oxygen atoms in total. The maximum absolute atomic E-state index is 12.5. The minimum atomic E-state index is -4.71. The number of benzene rings is 1. The molecule has 1 aromatic carbocycles. The lowest BCUT2D eigenvalue weighted by molar-refractivity contribution is -0.274. The minimum Gasteiger partial charge on any atom is -0.405 e. The molecule has 0 aliphatic carbocycles. The van der Waals surface area contributed by atoms with Crippen LogP contribution in [-0.4, -0.2) is 51.0 Å². The largest absolute Gasteiger partial charge is 0.573 e. The summed E-state index contributed by atoms with van der Waals surface area (Å²) in [6.07, 6.45) is -2.36. The van der Waals surface area contributed by atoms with Crippen LogP contribution in [0, 0.1) is 5.92 Å². The van der Waals surface area contributed by atoms with Gasteiger partial charge in [-0.1, -0.05) is 18.2 Å². The number of aliphatic imine (C=N–C) groups is 1. The smallest absolute Gasteiger partial charge is 0.405 e. The first-order valence-electron chi connectivity index (χ1n) is 8.34. The highest BCUT2D eigenvalue weighted by Gasteiger charge is 2.31. The van der Waals surface area contributed by atoms with E-state index < -0.39 is 6.36 Å². The molecule has 8 heteroatoms. The van der Waals surface area contributed by atoms with E-state index in [1.54, 1.807) is 19.2 Å². The lowest BCUT2D eigenvalue weighted by Crippen LogP contribution is -2.43. The zero-order valence-electron chi connectivity index (χ0n) is 14.6. The highest BCUT2D eigenvalue weighted by Crippen LogP contribution is 2.26. The molecule has 0 saturated carbocycles. The fourth-order valence-corrected chi connectivity index (χ4v) is 2.95. The number of hydrogen-bond acceptors (Lipinski definition) is 3. The SMILES string of the molecule is CN=C(NCc1ccccc1OC(F)(F)F)NCC1CCCN(C)C1. The van der Waals surface area contributed by atoms with Gasteiger partial charge in [-0.25, -0.2) is 0 Å². The van der Waals surface area contributed by atoms with E-state index in [1.807, 2.05) is 0 Å². The van der Waals surface area contributed by atoms with Gasteiger partial charge in [0, 0.05) is 32.2 Å². The molecule has 1 saturated heterocycles. The second-order valence-electron chi connectivity index (χ2n) is 6.23. The van der Waals surface area contributed by atoms with Crippen molar-refractivity contribution in [3.05, 3.63) is 29.8 Å². The summed E-state index contributed by atoms with van der Waals surface area (Å²) in [5.41, 5.74) is 0.417. The summed E-state index contributed by atoms with van der Waals surface area (Å²) in [7, 11) is 3.75. The molecular formula is C17H25F3N4O. The molecule has 1 unspecified atom stereocenters. The standard InChI is InChI=1S/C17H25F3N4O/c1-21-16(22-10-13-6-5-9-24(2)12-13)23-11-14-7-3-4-8-15(14)25-17(18,19)20/h3-4,7-8,13H,5-6,9-12H2,1-2H3,(H2,21,22,23). The predicted octanol–water partition coefficient (Wildman–Crippen LogP) is 2.59. The van der Waals surface area contributed by atoms with E-state index >= 15 is 0 Å². The van der Waals surface area contributed by atoms with Gasteiger partial charge in [-0.05, 0) is 38.4 Å². The molecule has 1 aromatic rings. The second-order valence-corrected chi connectivity index (χ2v) is 6.23. The van der Waals surface area contributed by atoms with Crippen LogP contribution in [0.25, 0.3) is 0 Å². The fraction of sp³-hybridized carbons (Fsp3) is 0.588. The average Bonchev–Trinajstić information content (AvgIpc) is 2.55. The van der Waals surface area contributed by atoms with Crippen LogP contribution in [0.3, 0.4) is 0 Å². The van der Waals surface area contributed by atoms with Gasteiger partial charge in [-0.2, -0.15) is 0 Å². The highest BCUT2D eigenvalue weighted by atomic mass is 19.4. The Bertz CT molecular complexity index is 577. The molecule has 1 aliphatic rings. The lowest BCUT2D eigenvalue weighted by atomic mass is 9.99. The summed E-state index contributed by atoms with van der Waals surface area (Å²) < 4.78 is 41.4. The molecule has 140 valence electrons. The van der Waals surface area contributed by atoms with E-state index in [9.17, 15) is 13.2 Å². The Kier molecular flexibility index (Phi) is 6.92. The summed E-state index contributed by atoms with van der Waals surface area (Å²) >= 11 is 0. The van der Waals surface area contributed by atoms with Crippen LogP contribution >= 0.6 is 0 Å². The molecule has 1 heterocycles. The molecule has 1 aliphatic heterocycles. The van der Waals surface area contributed by atoms with Gasteiger partial charge in [-0.3, -0.25) is 4.99 Å². The number of nitrogens with one attached hydrogen (secondary N) is 2. The zero-order valence-corrected chi connectivity index (χ0v) is 14.6. The Hall–Kier alpha value is -1.96. The van der Waals surface area contributed by atoms with Crippen molar-refractivity contribution >= 4 is 5.96 Å². The van der Waals surface area contributed by atoms with Crippen LogP contribution < -0.4 is 15.4 Å². The number of ether oxygens (including phenoxy) is 1. The third kappa shape index (κ3) is 6.81. The van der Waals surface area contributed by atoms with Gasteiger partial charge in [0.1, 0.15) is 5.75 Å². The van der Waals surface area contributed by atoms with E-state index in [-0.39, 0.29) is 12.3 Å². The van der Waals surface area contributed by atoms with Gasteiger partial charge in [-0.15, -0.1) is 13.2 Å². The molecule has 0 bridgehead atoms. The van der Waals surface area contributed by atoms with Crippen molar-refractivity contribution in [2.24, 2.45) is 10.9 Å². The molecule has 0 radical (unpaired) electrons. The van der Waals surface area contributed by atoms with E-state index in [0.29, 0.717) is 17.4 Å². The number of para-hydroxylation sites is 1. The zero-order chi connectivity index (χ0) is 18.3. The van der Waals surface area contributed by atoms with Crippen molar-refractivity contribution in [1.82, 2.24) is 15.5 Å².